The molecular weight excluding hydrogens is 398 g/mol. The fourth-order valence-electron chi connectivity index (χ4n) is 4.27. The molecule has 0 saturated carbocycles. The fourth-order valence-corrected chi connectivity index (χ4v) is 4.27. The van der Waals surface area contributed by atoms with E-state index in [1.54, 1.807) is 0 Å². The minimum atomic E-state index is -0.579. The largest absolute Gasteiger partial charge is 0.389 e. The second-order valence-corrected chi connectivity index (χ2v) is 8.99. The van der Waals surface area contributed by atoms with Crippen molar-refractivity contribution in [3.63, 3.8) is 0 Å². The van der Waals surface area contributed by atoms with Crippen LogP contribution in [0.5, 0.6) is 0 Å². The molecule has 4 heteroatoms. The van der Waals surface area contributed by atoms with Gasteiger partial charge in [0.1, 0.15) is 0 Å². The third kappa shape index (κ3) is 10.1. The molecule has 0 radical (unpaired) electrons. The lowest BCUT2D eigenvalue weighted by Crippen LogP contribution is -2.27. The van der Waals surface area contributed by atoms with Crippen LogP contribution in [0, 0.1) is 0 Å². The maximum absolute atomic E-state index is 12.2. The molecule has 1 aliphatic rings. The van der Waals surface area contributed by atoms with Crippen LogP contribution in [0.1, 0.15) is 101 Å². The van der Waals surface area contributed by atoms with Crippen molar-refractivity contribution in [1.29, 1.82) is 0 Å². The second kappa shape index (κ2) is 15.8. The molecule has 1 aromatic carbocycles. The number of allylic oxidation sites excluding steroid dienone is 2. The monoisotopic (exact) mass is 441 g/mol. The third-order valence-corrected chi connectivity index (χ3v) is 6.26. The van der Waals surface area contributed by atoms with Crippen molar-refractivity contribution in [1.82, 2.24) is 4.90 Å². The Bertz CT molecular complexity index is 706. The number of carbonyl (C=O) groups excluding carboxylic acids is 1. The van der Waals surface area contributed by atoms with Crippen LogP contribution in [-0.2, 0) is 4.79 Å². The molecule has 1 heterocycles. The summed E-state index contributed by atoms with van der Waals surface area (Å²) in [5.74, 6) is 0.215. The summed E-state index contributed by atoms with van der Waals surface area (Å²) in [6.45, 7) is 3.99. The molecule has 0 aromatic heterocycles. The van der Waals surface area contributed by atoms with Crippen molar-refractivity contribution in [2.75, 3.05) is 13.1 Å². The van der Waals surface area contributed by atoms with E-state index in [9.17, 15) is 15.0 Å². The molecule has 0 spiro atoms. The van der Waals surface area contributed by atoms with Gasteiger partial charge in [0, 0.05) is 19.5 Å². The van der Waals surface area contributed by atoms with Gasteiger partial charge >= 0.3 is 0 Å². The molecule has 2 atom stereocenters. The Labute approximate surface area is 195 Å². The van der Waals surface area contributed by atoms with Gasteiger partial charge in [-0.3, -0.25) is 4.79 Å². The van der Waals surface area contributed by atoms with E-state index in [-0.39, 0.29) is 5.91 Å². The maximum atomic E-state index is 12.2. The highest BCUT2D eigenvalue weighted by atomic mass is 16.3. The van der Waals surface area contributed by atoms with Crippen molar-refractivity contribution in [3.8, 4) is 0 Å². The number of aliphatic hydroxyl groups excluding tert-OH is 2. The van der Waals surface area contributed by atoms with Gasteiger partial charge in [-0.1, -0.05) is 94.0 Å². The van der Waals surface area contributed by atoms with E-state index in [1.165, 1.54) is 32.1 Å². The van der Waals surface area contributed by atoms with Crippen molar-refractivity contribution < 1.29 is 15.0 Å². The van der Waals surface area contributed by atoms with Crippen LogP contribution in [0.25, 0.3) is 6.08 Å². The van der Waals surface area contributed by atoms with E-state index >= 15 is 0 Å². The van der Waals surface area contributed by atoms with Gasteiger partial charge in [0.25, 0.3) is 0 Å². The first kappa shape index (κ1) is 26.3. The minimum Gasteiger partial charge on any atom is -0.389 e. The maximum Gasteiger partial charge on any atom is 0.222 e. The normalized spacial score (nSPS) is 16.3. The van der Waals surface area contributed by atoms with Crippen LogP contribution >= 0.6 is 0 Å². The summed E-state index contributed by atoms with van der Waals surface area (Å²) >= 11 is 0. The molecule has 2 rings (SSSR count). The van der Waals surface area contributed by atoms with Crippen molar-refractivity contribution in [2.45, 2.75) is 96.2 Å². The smallest absolute Gasteiger partial charge is 0.222 e. The summed E-state index contributed by atoms with van der Waals surface area (Å²) in [6, 6.07) is 7.84. The zero-order chi connectivity index (χ0) is 23.0. The Morgan fingerprint density at radius 2 is 1.69 bits per heavy atom. The molecule has 4 nitrogen and oxygen atoms in total. The molecular formula is C28H43NO3. The van der Waals surface area contributed by atoms with Gasteiger partial charge in [-0.2, -0.15) is 0 Å². The molecule has 0 aliphatic carbocycles. The first-order valence-electron chi connectivity index (χ1n) is 12.7. The molecule has 2 unspecified atom stereocenters. The van der Waals surface area contributed by atoms with E-state index in [0.29, 0.717) is 19.3 Å². The number of rotatable bonds is 15. The zero-order valence-electron chi connectivity index (χ0n) is 19.9. The summed E-state index contributed by atoms with van der Waals surface area (Å²) in [7, 11) is 0. The van der Waals surface area contributed by atoms with Crippen LogP contribution in [0.3, 0.4) is 0 Å². The summed E-state index contributed by atoms with van der Waals surface area (Å²) in [5.41, 5.74) is 1.86. The second-order valence-electron chi connectivity index (χ2n) is 8.99. The van der Waals surface area contributed by atoms with Gasteiger partial charge in [-0.15, -0.1) is 0 Å². The van der Waals surface area contributed by atoms with Crippen LogP contribution in [-0.4, -0.2) is 40.2 Å². The molecule has 1 aromatic rings. The Kier molecular flexibility index (Phi) is 13.0. The number of nitrogens with zero attached hydrogens (tertiary/aromatic N) is 1. The summed E-state index contributed by atoms with van der Waals surface area (Å²) in [6.07, 6.45) is 18.8. The number of unbranched alkanes of at least 4 members (excludes halogenated alkanes) is 5. The van der Waals surface area contributed by atoms with Crippen LogP contribution in [0.15, 0.2) is 42.5 Å². The van der Waals surface area contributed by atoms with E-state index in [1.807, 2.05) is 53.5 Å². The van der Waals surface area contributed by atoms with Gasteiger partial charge in [0.05, 0.1) is 12.2 Å². The molecule has 1 saturated heterocycles. The molecule has 1 aliphatic heterocycles. The number of carbonyl (C=O) groups is 1. The minimum absolute atomic E-state index is 0.215. The average molecular weight is 442 g/mol. The summed E-state index contributed by atoms with van der Waals surface area (Å²) in [4.78, 5) is 14.1. The van der Waals surface area contributed by atoms with E-state index in [2.05, 4.69) is 6.92 Å². The topological polar surface area (TPSA) is 60.8 Å². The van der Waals surface area contributed by atoms with Crippen molar-refractivity contribution in [3.05, 3.63) is 53.6 Å². The van der Waals surface area contributed by atoms with E-state index < -0.39 is 12.2 Å². The highest BCUT2D eigenvalue weighted by Crippen LogP contribution is 2.24. The van der Waals surface area contributed by atoms with E-state index in [0.717, 1.165) is 49.9 Å². The Hall–Kier alpha value is -1.91. The summed E-state index contributed by atoms with van der Waals surface area (Å²) in [5, 5.41) is 20.8. The highest BCUT2D eigenvalue weighted by molar-refractivity contribution is 5.76. The van der Waals surface area contributed by atoms with Gasteiger partial charge < -0.3 is 15.1 Å². The standard InChI is InChI=1S/C28H43NO3/c1-2-3-4-5-6-7-17-25(30)18-10-8-15-24-16-9-11-19-26(24)27(31)20-14-21-28(32)29-22-12-13-23-29/h8-11,15-16,18-19,25,27,30-31H,2-7,12-14,17,20-23H2,1H3. The fraction of sp³-hybridized carbons (Fsp3) is 0.607. The SMILES string of the molecule is CCCCCCCCC(O)C=CC=Cc1ccccc1C(O)CCCC(=O)N1CCCC1. The predicted molar refractivity (Wildman–Crippen MR) is 133 cm³/mol. The lowest BCUT2D eigenvalue weighted by atomic mass is 9.98. The average Bonchev–Trinajstić information content (AvgIpc) is 3.34. The predicted octanol–water partition coefficient (Wildman–Crippen LogP) is 6.19. The lowest BCUT2D eigenvalue weighted by Gasteiger charge is -2.17. The van der Waals surface area contributed by atoms with Crippen molar-refractivity contribution in [2.24, 2.45) is 0 Å². The number of benzene rings is 1. The summed E-state index contributed by atoms with van der Waals surface area (Å²) < 4.78 is 0. The number of hydrogen-bond acceptors (Lipinski definition) is 3. The molecule has 2 N–H and O–H groups in total. The van der Waals surface area contributed by atoms with E-state index in [4.69, 9.17) is 0 Å². The molecule has 178 valence electrons. The molecule has 32 heavy (non-hydrogen) atoms. The van der Waals surface area contributed by atoms with Crippen LogP contribution in [0.4, 0.5) is 0 Å². The van der Waals surface area contributed by atoms with Gasteiger partial charge in [0.15, 0.2) is 0 Å². The first-order chi connectivity index (χ1) is 15.6. The Balaban J connectivity index is 1.74. The van der Waals surface area contributed by atoms with Gasteiger partial charge in [0.2, 0.25) is 5.91 Å². The lowest BCUT2D eigenvalue weighted by molar-refractivity contribution is -0.130. The van der Waals surface area contributed by atoms with Crippen molar-refractivity contribution >= 4 is 12.0 Å². The number of aliphatic hydroxyl groups is 2. The van der Waals surface area contributed by atoms with Gasteiger partial charge in [-0.25, -0.2) is 0 Å². The number of amides is 1. The first-order valence-corrected chi connectivity index (χ1v) is 12.7. The van der Waals surface area contributed by atoms with Crippen LogP contribution < -0.4 is 0 Å². The third-order valence-electron chi connectivity index (χ3n) is 6.26. The quantitative estimate of drug-likeness (QED) is 0.252. The van der Waals surface area contributed by atoms with Crippen LogP contribution in [0.2, 0.25) is 0 Å². The highest BCUT2D eigenvalue weighted by Gasteiger charge is 2.18. The Morgan fingerprint density at radius 3 is 2.47 bits per heavy atom. The number of hydrogen-bond donors (Lipinski definition) is 2. The Morgan fingerprint density at radius 1 is 0.969 bits per heavy atom. The van der Waals surface area contributed by atoms with Gasteiger partial charge in [-0.05, 0) is 43.2 Å². The molecule has 1 fully saturated rings. The number of likely N-dealkylation sites (tertiary alicyclic amines) is 1. The molecule has 0 bridgehead atoms. The zero-order valence-corrected chi connectivity index (χ0v) is 19.9. The molecule has 1 amide bonds.